The molecule has 1 N–H and O–H groups in total. The van der Waals surface area contributed by atoms with E-state index in [1.807, 2.05) is 20.9 Å². The van der Waals surface area contributed by atoms with E-state index in [0.29, 0.717) is 30.9 Å². The van der Waals surface area contributed by atoms with Crippen LogP contribution in [0.3, 0.4) is 0 Å². The number of hydrogen-bond acceptors (Lipinski definition) is 5. The molecule has 0 saturated heterocycles. The lowest BCUT2D eigenvalue weighted by Crippen LogP contribution is -2.30. The van der Waals surface area contributed by atoms with E-state index in [1.54, 1.807) is 24.6 Å². The zero-order valence-corrected chi connectivity index (χ0v) is 18.8. The minimum absolute atomic E-state index is 0.122. The molecule has 0 aliphatic rings. The third-order valence-electron chi connectivity index (χ3n) is 5.05. The van der Waals surface area contributed by atoms with Crippen LogP contribution in [0.15, 0.2) is 23.1 Å². The third kappa shape index (κ3) is 4.97. The molecule has 29 heavy (non-hydrogen) atoms. The van der Waals surface area contributed by atoms with Crippen LogP contribution in [0, 0.1) is 13.8 Å². The molecule has 1 aromatic heterocycles. The number of hydrogen-bond donors (Lipinski definition) is 1. The van der Waals surface area contributed by atoms with Crippen molar-refractivity contribution in [2.45, 2.75) is 45.4 Å². The highest BCUT2D eigenvalue weighted by Crippen LogP contribution is 2.29. The molecule has 2 aromatic rings. The Hall–Kier alpha value is -2.39. The summed E-state index contributed by atoms with van der Waals surface area (Å²) in [6, 6.07) is 4.50. The number of benzene rings is 1. The summed E-state index contributed by atoms with van der Waals surface area (Å²) in [6.45, 7) is 8.21. The van der Waals surface area contributed by atoms with Crippen molar-refractivity contribution in [1.29, 1.82) is 0 Å². The lowest BCUT2D eigenvalue weighted by atomic mass is 10.1. The Kier molecular flexibility index (Phi) is 7.43. The van der Waals surface area contributed by atoms with Gasteiger partial charge < -0.3 is 10.1 Å². The Labute approximate surface area is 172 Å². The molecule has 9 heteroatoms. The van der Waals surface area contributed by atoms with Crippen LogP contribution in [0.5, 0.6) is 5.75 Å². The number of aryl methyl sites for hydroxylation is 2. The van der Waals surface area contributed by atoms with Crippen LogP contribution >= 0.6 is 0 Å². The normalized spacial score (nSPS) is 11.7. The van der Waals surface area contributed by atoms with E-state index in [4.69, 9.17) is 4.74 Å². The number of sulfonamides is 1. The maximum absolute atomic E-state index is 12.8. The first-order chi connectivity index (χ1) is 13.6. The average molecular weight is 423 g/mol. The van der Waals surface area contributed by atoms with Crippen LogP contribution in [0.2, 0.25) is 0 Å². The van der Waals surface area contributed by atoms with Gasteiger partial charge in [-0.05, 0) is 44.0 Å². The van der Waals surface area contributed by atoms with Gasteiger partial charge in [-0.3, -0.25) is 9.48 Å². The van der Waals surface area contributed by atoms with E-state index in [1.165, 1.54) is 23.5 Å². The average Bonchev–Trinajstić information content (AvgIpc) is 2.92. The Morgan fingerprint density at radius 3 is 2.41 bits per heavy atom. The number of aromatic nitrogens is 2. The van der Waals surface area contributed by atoms with Crippen molar-refractivity contribution in [3.63, 3.8) is 0 Å². The largest absolute Gasteiger partial charge is 0.495 e. The lowest BCUT2D eigenvalue weighted by Gasteiger charge is -2.19. The third-order valence-corrected chi connectivity index (χ3v) is 7.10. The minimum atomic E-state index is -3.63. The van der Waals surface area contributed by atoms with Crippen LogP contribution in [0.4, 0.5) is 5.69 Å². The highest BCUT2D eigenvalue weighted by atomic mass is 32.2. The predicted octanol–water partition coefficient (Wildman–Crippen LogP) is 2.65. The Morgan fingerprint density at radius 1 is 1.24 bits per heavy atom. The fraction of sp³-hybridized carbons (Fsp3) is 0.500. The van der Waals surface area contributed by atoms with E-state index in [0.717, 1.165) is 17.0 Å². The molecule has 0 radical (unpaired) electrons. The molecule has 0 fully saturated rings. The van der Waals surface area contributed by atoms with Crippen molar-refractivity contribution in [3.05, 3.63) is 35.2 Å². The van der Waals surface area contributed by atoms with Gasteiger partial charge in [-0.25, -0.2) is 8.42 Å². The first-order valence-corrected chi connectivity index (χ1v) is 11.1. The summed E-state index contributed by atoms with van der Waals surface area (Å²) in [5.41, 5.74) is 3.32. The van der Waals surface area contributed by atoms with Gasteiger partial charge in [0.1, 0.15) is 5.75 Å². The Bertz CT molecular complexity index is 979. The number of ether oxygens (including phenoxy) is 1. The number of methoxy groups -OCH3 is 1. The number of carbonyl (C=O) groups is 1. The number of rotatable bonds is 9. The number of amides is 1. The monoisotopic (exact) mass is 422 g/mol. The van der Waals surface area contributed by atoms with E-state index in [2.05, 4.69) is 10.4 Å². The molecule has 2 rings (SSSR count). The number of nitrogens with zero attached hydrogens (tertiary/aromatic N) is 3. The van der Waals surface area contributed by atoms with E-state index >= 15 is 0 Å². The molecule has 160 valence electrons. The fourth-order valence-electron chi connectivity index (χ4n) is 3.29. The fourth-order valence-corrected chi connectivity index (χ4v) is 4.77. The maximum atomic E-state index is 12.8. The summed E-state index contributed by atoms with van der Waals surface area (Å²) in [7, 11) is -0.281. The lowest BCUT2D eigenvalue weighted by molar-refractivity contribution is -0.116. The van der Waals surface area contributed by atoms with Gasteiger partial charge in [0.05, 0.1) is 23.4 Å². The quantitative estimate of drug-likeness (QED) is 0.671. The summed E-state index contributed by atoms with van der Waals surface area (Å²) in [4.78, 5) is 12.7. The molecule has 1 aromatic carbocycles. The smallest absolute Gasteiger partial charge is 0.243 e. The minimum Gasteiger partial charge on any atom is -0.495 e. The number of nitrogens with one attached hydrogen (secondary N) is 1. The topological polar surface area (TPSA) is 93.5 Å². The van der Waals surface area contributed by atoms with Gasteiger partial charge in [-0.2, -0.15) is 9.40 Å². The standard InChI is InChI=1S/C20H30N4O4S/c1-7-24(8-2)29(26,27)16-9-11-19(28-6)18(13-16)21-20(25)12-10-17-14(3)22-23(5)15(17)4/h9,11,13H,7-8,10,12H2,1-6H3,(H,21,25). The molecule has 8 nitrogen and oxygen atoms in total. The van der Waals surface area contributed by atoms with Crippen molar-refractivity contribution in [2.75, 3.05) is 25.5 Å². The summed E-state index contributed by atoms with van der Waals surface area (Å²) < 4.78 is 34.0. The van der Waals surface area contributed by atoms with Crippen molar-refractivity contribution >= 4 is 21.6 Å². The van der Waals surface area contributed by atoms with Crippen molar-refractivity contribution < 1.29 is 17.9 Å². The molecule has 1 heterocycles. The molecule has 0 atom stereocenters. The molecule has 0 spiro atoms. The van der Waals surface area contributed by atoms with E-state index in [9.17, 15) is 13.2 Å². The van der Waals surface area contributed by atoms with Crippen LogP contribution in [-0.2, 0) is 28.3 Å². The Morgan fingerprint density at radius 2 is 1.90 bits per heavy atom. The summed E-state index contributed by atoms with van der Waals surface area (Å²) in [6.07, 6.45) is 0.806. The highest BCUT2D eigenvalue weighted by molar-refractivity contribution is 7.89. The SMILES string of the molecule is CCN(CC)S(=O)(=O)c1ccc(OC)c(NC(=O)CCc2c(C)nn(C)c2C)c1. The first kappa shape index (κ1) is 22.9. The zero-order valence-electron chi connectivity index (χ0n) is 17.9. The zero-order chi connectivity index (χ0) is 21.8. The molecule has 0 aliphatic carbocycles. The van der Waals surface area contributed by atoms with Crippen molar-refractivity contribution in [3.8, 4) is 5.75 Å². The molecule has 0 unspecified atom stereocenters. The summed E-state index contributed by atoms with van der Waals surface area (Å²) >= 11 is 0. The van der Waals surface area contributed by atoms with Gasteiger partial charge in [0.2, 0.25) is 15.9 Å². The first-order valence-electron chi connectivity index (χ1n) is 9.62. The van der Waals surface area contributed by atoms with Gasteiger partial charge in [-0.1, -0.05) is 13.8 Å². The second-order valence-corrected chi connectivity index (χ2v) is 8.71. The highest BCUT2D eigenvalue weighted by Gasteiger charge is 2.23. The number of anilines is 1. The second kappa shape index (κ2) is 9.41. The molecule has 0 bridgehead atoms. The van der Waals surface area contributed by atoms with Crippen LogP contribution in [0.25, 0.3) is 0 Å². The van der Waals surface area contributed by atoms with E-state index in [-0.39, 0.29) is 17.2 Å². The number of carbonyl (C=O) groups excluding carboxylic acids is 1. The van der Waals surface area contributed by atoms with Crippen LogP contribution in [-0.4, -0.2) is 48.6 Å². The van der Waals surface area contributed by atoms with E-state index < -0.39 is 10.0 Å². The molecule has 1 amide bonds. The van der Waals surface area contributed by atoms with Gasteiger partial charge in [0, 0.05) is 32.3 Å². The molecular formula is C20H30N4O4S. The van der Waals surface area contributed by atoms with Gasteiger partial charge in [-0.15, -0.1) is 0 Å². The van der Waals surface area contributed by atoms with Gasteiger partial charge >= 0.3 is 0 Å². The molecule has 0 aliphatic heterocycles. The van der Waals surface area contributed by atoms with Gasteiger partial charge in [0.25, 0.3) is 0 Å². The summed E-state index contributed by atoms with van der Waals surface area (Å²) in [5.74, 6) is 0.189. The van der Waals surface area contributed by atoms with Crippen molar-refractivity contribution in [1.82, 2.24) is 14.1 Å². The van der Waals surface area contributed by atoms with Crippen LogP contribution < -0.4 is 10.1 Å². The molecule has 0 saturated carbocycles. The van der Waals surface area contributed by atoms with Gasteiger partial charge in [0.15, 0.2) is 0 Å². The Balaban J connectivity index is 2.21. The maximum Gasteiger partial charge on any atom is 0.243 e. The van der Waals surface area contributed by atoms with Crippen molar-refractivity contribution in [2.24, 2.45) is 7.05 Å². The molecular weight excluding hydrogens is 392 g/mol. The second-order valence-electron chi connectivity index (χ2n) is 6.77. The predicted molar refractivity (Wildman–Crippen MR) is 113 cm³/mol. The van der Waals surface area contributed by atoms with Crippen LogP contribution in [0.1, 0.15) is 37.2 Å². The summed E-state index contributed by atoms with van der Waals surface area (Å²) in [5, 5.41) is 7.16.